The highest BCUT2D eigenvalue weighted by molar-refractivity contribution is 5.94. The van der Waals surface area contributed by atoms with E-state index in [1.54, 1.807) is 0 Å². The molecule has 0 unspecified atom stereocenters. The number of nitrogens with one attached hydrogen (secondary N) is 2. The molecular formula is C24H27FN4O6. The number of amides is 2. The van der Waals surface area contributed by atoms with Crippen LogP contribution in [-0.4, -0.2) is 39.6 Å². The molecule has 1 aromatic carbocycles. The Morgan fingerprint density at radius 2 is 1.89 bits per heavy atom. The average molecular weight is 487 g/mol. The van der Waals surface area contributed by atoms with Crippen LogP contribution in [0.5, 0.6) is 5.75 Å². The molecule has 11 heteroatoms. The number of hydrogen-bond donors (Lipinski definition) is 3. The first-order chi connectivity index (χ1) is 16.7. The molecule has 0 spiro atoms. The van der Waals surface area contributed by atoms with Crippen molar-refractivity contribution in [3.8, 4) is 5.75 Å². The van der Waals surface area contributed by atoms with Crippen LogP contribution in [0.3, 0.4) is 0 Å². The van der Waals surface area contributed by atoms with E-state index >= 15 is 0 Å². The summed E-state index contributed by atoms with van der Waals surface area (Å²) in [4.78, 5) is 54.5. The Bertz CT molecular complexity index is 1200. The van der Waals surface area contributed by atoms with Gasteiger partial charge in [0.25, 0.3) is 11.5 Å². The Morgan fingerprint density at radius 3 is 2.51 bits per heavy atom. The minimum absolute atomic E-state index is 0.0848. The van der Waals surface area contributed by atoms with Gasteiger partial charge in [-0.1, -0.05) is 12.1 Å². The van der Waals surface area contributed by atoms with E-state index in [0.717, 1.165) is 12.8 Å². The van der Waals surface area contributed by atoms with E-state index in [1.165, 1.54) is 35.9 Å². The van der Waals surface area contributed by atoms with Crippen LogP contribution in [0.1, 0.15) is 60.4 Å². The third-order valence-corrected chi connectivity index (χ3v) is 6.69. The van der Waals surface area contributed by atoms with Gasteiger partial charge in [0, 0.05) is 19.5 Å². The smallest absolute Gasteiger partial charge is 0.303 e. The second kappa shape index (κ2) is 9.85. The summed E-state index contributed by atoms with van der Waals surface area (Å²) in [6.07, 6.45) is 2.01. The SMILES string of the molecule is COc1c(C(=O)NCc2ccc(F)cc2)nc2n(c1=O)CC1CCC2(NC(=O)CCC(=O)O)CC1. The van der Waals surface area contributed by atoms with Crippen LogP contribution in [-0.2, 0) is 28.2 Å². The third kappa shape index (κ3) is 5.03. The summed E-state index contributed by atoms with van der Waals surface area (Å²) in [5.74, 6) is -2.28. The largest absolute Gasteiger partial charge is 0.489 e. The molecule has 2 amide bonds. The maximum absolute atomic E-state index is 13.4. The molecule has 5 rings (SSSR count). The van der Waals surface area contributed by atoms with Crippen LogP contribution < -0.4 is 20.9 Å². The van der Waals surface area contributed by atoms with Gasteiger partial charge in [0.2, 0.25) is 11.7 Å². The molecule has 10 nitrogen and oxygen atoms in total. The molecule has 1 aliphatic carbocycles. The lowest BCUT2D eigenvalue weighted by molar-refractivity contribution is -0.139. The van der Waals surface area contributed by atoms with Gasteiger partial charge in [0.15, 0.2) is 5.69 Å². The number of carbonyl (C=O) groups excluding carboxylic acids is 2. The van der Waals surface area contributed by atoms with Crippen molar-refractivity contribution in [1.29, 1.82) is 0 Å². The molecule has 3 heterocycles. The summed E-state index contributed by atoms with van der Waals surface area (Å²) in [6.45, 7) is 0.475. The zero-order chi connectivity index (χ0) is 25.2. The summed E-state index contributed by atoms with van der Waals surface area (Å²) in [6, 6.07) is 5.63. The van der Waals surface area contributed by atoms with Crippen molar-refractivity contribution >= 4 is 17.8 Å². The molecule has 2 aliphatic heterocycles. The second-order valence-corrected chi connectivity index (χ2v) is 9.01. The number of aliphatic carboxylic acids is 1. The fourth-order valence-electron chi connectivity index (χ4n) is 4.84. The van der Waals surface area contributed by atoms with Gasteiger partial charge in [-0.05, 0) is 49.3 Å². The Hall–Kier alpha value is -3.76. The van der Waals surface area contributed by atoms with E-state index in [4.69, 9.17) is 9.84 Å². The minimum atomic E-state index is -1.08. The summed E-state index contributed by atoms with van der Waals surface area (Å²) < 4.78 is 19.9. The van der Waals surface area contributed by atoms with Gasteiger partial charge < -0.3 is 20.5 Å². The van der Waals surface area contributed by atoms with E-state index in [9.17, 15) is 23.6 Å². The molecule has 1 saturated carbocycles. The maximum atomic E-state index is 13.4. The van der Waals surface area contributed by atoms with E-state index < -0.39 is 34.7 Å². The van der Waals surface area contributed by atoms with Crippen LogP contribution in [0.15, 0.2) is 29.1 Å². The fraction of sp³-hybridized carbons (Fsp3) is 0.458. The van der Waals surface area contributed by atoms with E-state index in [1.807, 2.05) is 0 Å². The van der Waals surface area contributed by atoms with Gasteiger partial charge in [0.1, 0.15) is 11.6 Å². The highest BCUT2D eigenvalue weighted by Crippen LogP contribution is 2.43. The van der Waals surface area contributed by atoms with Gasteiger partial charge in [-0.3, -0.25) is 23.7 Å². The first kappa shape index (κ1) is 24.4. The predicted octanol–water partition coefficient (Wildman–Crippen LogP) is 1.70. The molecule has 0 saturated heterocycles. The van der Waals surface area contributed by atoms with Crippen molar-refractivity contribution < 1.29 is 28.6 Å². The van der Waals surface area contributed by atoms with Crippen molar-refractivity contribution in [1.82, 2.24) is 20.2 Å². The lowest BCUT2D eigenvalue weighted by atomic mass is 9.77. The number of methoxy groups -OCH3 is 1. The monoisotopic (exact) mass is 486 g/mol. The van der Waals surface area contributed by atoms with Crippen LogP contribution in [0.4, 0.5) is 4.39 Å². The Kier molecular flexibility index (Phi) is 6.86. The van der Waals surface area contributed by atoms with Crippen LogP contribution >= 0.6 is 0 Å². The van der Waals surface area contributed by atoms with E-state index in [-0.39, 0.29) is 42.6 Å². The summed E-state index contributed by atoms with van der Waals surface area (Å²) >= 11 is 0. The number of carboxylic acid groups (broad SMARTS) is 1. The Balaban J connectivity index is 1.69. The lowest BCUT2D eigenvalue weighted by Crippen LogP contribution is -2.50. The topological polar surface area (TPSA) is 140 Å². The molecule has 2 bridgehead atoms. The van der Waals surface area contributed by atoms with Crippen molar-refractivity contribution in [3.05, 3.63) is 57.5 Å². The standard InChI is InChI=1S/C24H27FN4O6/c1-35-20-19(21(33)26-12-14-2-4-16(25)5-3-14)27-23-24(28-17(30)6-7-18(31)32)10-8-15(9-11-24)13-29(23)22(20)34/h2-5,15H,6-13H2,1H3,(H,26,33)(H,28,30)(H,31,32). The zero-order valence-corrected chi connectivity index (χ0v) is 19.3. The first-order valence-corrected chi connectivity index (χ1v) is 11.5. The number of ether oxygens (including phenoxy) is 1. The van der Waals surface area contributed by atoms with Crippen LogP contribution in [0.25, 0.3) is 0 Å². The molecule has 186 valence electrons. The highest BCUT2D eigenvalue weighted by Gasteiger charge is 2.46. The van der Waals surface area contributed by atoms with Crippen molar-refractivity contribution in [3.63, 3.8) is 0 Å². The van der Waals surface area contributed by atoms with Gasteiger partial charge in [-0.2, -0.15) is 0 Å². The predicted molar refractivity (Wildman–Crippen MR) is 121 cm³/mol. The lowest BCUT2D eigenvalue weighted by Gasteiger charge is -2.37. The Labute approximate surface area is 200 Å². The van der Waals surface area contributed by atoms with E-state index in [0.29, 0.717) is 24.9 Å². The van der Waals surface area contributed by atoms with Crippen LogP contribution in [0, 0.1) is 11.7 Å². The van der Waals surface area contributed by atoms with Gasteiger partial charge in [-0.15, -0.1) is 0 Å². The zero-order valence-electron chi connectivity index (χ0n) is 19.3. The molecule has 0 radical (unpaired) electrons. The second-order valence-electron chi connectivity index (χ2n) is 9.01. The van der Waals surface area contributed by atoms with Gasteiger partial charge in [-0.25, -0.2) is 9.37 Å². The van der Waals surface area contributed by atoms with Gasteiger partial charge in [0.05, 0.1) is 19.1 Å². The number of hydrogen-bond acceptors (Lipinski definition) is 6. The number of benzene rings is 1. The van der Waals surface area contributed by atoms with Crippen molar-refractivity contribution in [2.75, 3.05) is 7.11 Å². The fourth-order valence-corrected chi connectivity index (χ4v) is 4.84. The number of carboxylic acids is 1. The molecule has 2 aromatic rings. The third-order valence-electron chi connectivity index (χ3n) is 6.69. The number of halogens is 1. The summed E-state index contributed by atoms with van der Waals surface area (Å²) in [5, 5.41) is 14.5. The normalized spacial score (nSPS) is 20.5. The Morgan fingerprint density at radius 1 is 1.20 bits per heavy atom. The van der Waals surface area contributed by atoms with Gasteiger partial charge >= 0.3 is 5.97 Å². The summed E-state index contributed by atoms with van der Waals surface area (Å²) in [7, 11) is 1.29. The van der Waals surface area contributed by atoms with E-state index in [2.05, 4.69) is 15.6 Å². The molecule has 3 N–H and O–H groups in total. The number of fused-ring (bicyclic) bond motifs is 2. The molecule has 1 aromatic heterocycles. The number of carbonyl (C=O) groups is 3. The average Bonchev–Trinajstić information content (AvgIpc) is 3.08. The molecule has 0 atom stereocenters. The highest BCUT2D eigenvalue weighted by atomic mass is 19.1. The number of rotatable bonds is 8. The molecule has 35 heavy (non-hydrogen) atoms. The quantitative estimate of drug-likeness (QED) is 0.516. The summed E-state index contributed by atoms with van der Waals surface area (Å²) in [5.41, 5.74) is -1.04. The van der Waals surface area contributed by atoms with Crippen molar-refractivity contribution in [2.45, 2.75) is 57.2 Å². The van der Waals surface area contributed by atoms with Crippen molar-refractivity contribution in [2.24, 2.45) is 5.92 Å². The van der Waals surface area contributed by atoms with Crippen LogP contribution in [0.2, 0.25) is 0 Å². The maximum Gasteiger partial charge on any atom is 0.303 e. The minimum Gasteiger partial charge on any atom is -0.489 e. The molecule has 1 fully saturated rings. The molecule has 3 aliphatic rings. The number of nitrogens with zero attached hydrogens (tertiary/aromatic N) is 2. The first-order valence-electron chi connectivity index (χ1n) is 11.5. The number of aromatic nitrogens is 2. The molecular weight excluding hydrogens is 459 g/mol.